The number of likely N-dealkylation sites (N-methyl/N-ethyl adjacent to an activating group) is 1. The maximum absolute atomic E-state index is 10.5. The quantitative estimate of drug-likeness (QED) is 0.313. The Kier molecular flexibility index (Phi) is 13.2. The number of benzene rings is 2. The molecule has 10 heteroatoms. The Balaban J connectivity index is 0.00000289. The Morgan fingerprint density at radius 3 is 2.32 bits per heavy atom. The van der Waals surface area contributed by atoms with Gasteiger partial charge in [0.1, 0.15) is 28.9 Å². The lowest BCUT2D eigenvalue weighted by molar-refractivity contribution is 0.112. The molecule has 0 aliphatic rings. The average Bonchev–Trinajstić information content (AvgIpc) is 3.25. The number of methoxy groups -OCH3 is 2. The second-order valence-corrected chi connectivity index (χ2v) is 8.22. The number of anilines is 1. The average molecular weight is 577 g/mol. The van der Waals surface area contributed by atoms with Crippen LogP contribution >= 0.6 is 40.7 Å². The number of aromatic nitrogens is 2. The van der Waals surface area contributed by atoms with Crippen LogP contribution in [0.5, 0.6) is 17.2 Å². The van der Waals surface area contributed by atoms with Crippen LogP contribution in [0.1, 0.15) is 18.3 Å². The lowest BCUT2D eigenvalue weighted by Crippen LogP contribution is -2.35. The summed E-state index contributed by atoms with van der Waals surface area (Å²) >= 11 is 3.37. The first-order chi connectivity index (χ1) is 15.5. The fourth-order valence-corrected chi connectivity index (χ4v) is 3.75. The summed E-state index contributed by atoms with van der Waals surface area (Å²) in [5, 5.41) is 10.5. The molecule has 1 heterocycles. The number of ether oxygens (including phenoxy) is 3. The first-order valence-corrected chi connectivity index (χ1v) is 11.4. The molecule has 7 nitrogen and oxygen atoms in total. The third kappa shape index (κ3) is 8.58. The third-order valence-electron chi connectivity index (χ3n) is 5.16. The zero-order valence-corrected chi connectivity index (χ0v) is 22.7. The number of aromatic amines is 1. The molecule has 0 bridgehead atoms. The molecule has 3 aromatic rings. The highest BCUT2D eigenvalue weighted by molar-refractivity contribution is 9.10. The molecule has 0 aliphatic heterocycles. The van der Waals surface area contributed by atoms with E-state index in [9.17, 15) is 5.11 Å². The fourth-order valence-electron chi connectivity index (χ4n) is 3.42. The SMILES string of the molecule is CCN(C[C@H](O)COc1ccc(CCc2ncc(Br)[nH]2)cc1)c1ccc(OC)c(OC)c1.Cl.Cl. The molecule has 1 atom stereocenters. The predicted octanol–water partition coefficient (Wildman–Crippen LogP) is 5.08. The summed E-state index contributed by atoms with van der Waals surface area (Å²) in [7, 11) is 3.23. The number of halogens is 3. The highest BCUT2D eigenvalue weighted by Crippen LogP contribution is 2.31. The van der Waals surface area contributed by atoms with E-state index in [4.69, 9.17) is 14.2 Å². The van der Waals surface area contributed by atoms with Gasteiger partial charge in [-0.15, -0.1) is 24.8 Å². The highest BCUT2D eigenvalue weighted by atomic mass is 79.9. The normalized spacial score (nSPS) is 11.1. The summed E-state index contributed by atoms with van der Waals surface area (Å²) < 4.78 is 17.4. The minimum atomic E-state index is -0.639. The van der Waals surface area contributed by atoms with Gasteiger partial charge in [0.2, 0.25) is 0 Å². The van der Waals surface area contributed by atoms with Gasteiger partial charge in [-0.05, 0) is 59.1 Å². The van der Waals surface area contributed by atoms with E-state index in [1.54, 1.807) is 20.4 Å². The molecule has 0 spiro atoms. The lowest BCUT2D eigenvalue weighted by Gasteiger charge is -2.26. The van der Waals surface area contributed by atoms with Gasteiger partial charge < -0.3 is 29.2 Å². The van der Waals surface area contributed by atoms with Crippen LogP contribution in [0.3, 0.4) is 0 Å². The van der Waals surface area contributed by atoms with Crippen molar-refractivity contribution in [3.05, 3.63) is 64.7 Å². The van der Waals surface area contributed by atoms with Crippen LogP contribution in [0, 0.1) is 0 Å². The molecule has 1 aromatic heterocycles. The van der Waals surface area contributed by atoms with E-state index < -0.39 is 6.10 Å². The van der Waals surface area contributed by atoms with E-state index in [1.165, 1.54) is 5.56 Å². The molecule has 0 fully saturated rings. The second kappa shape index (κ2) is 15.0. The number of aliphatic hydroxyl groups excluding tert-OH is 1. The van der Waals surface area contributed by atoms with E-state index in [1.807, 2.05) is 49.4 Å². The zero-order valence-electron chi connectivity index (χ0n) is 19.5. The van der Waals surface area contributed by atoms with Crippen molar-refractivity contribution >= 4 is 46.4 Å². The van der Waals surface area contributed by atoms with Crippen molar-refractivity contribution in [2.75, 3.05) is 38.8 Å². The maximum Gasteiger partial charge on any atom is 0.162 e. The van der Waals surface area contributed by atoms with Gasteiger partial charge in [0.15, 0.2) is 11.5 Å². The van der Waals surface area contributed by atoms with Gasteiger partial charge in [-0.25, -0.2) is 4.98 Å². The number of rotatable bonds is 12. The van der Waals surface area contributed by atoms with Crippen molar-refractivity contribution in [1.29, 1.82) is 0 Å². The molecule has 3 rings (SSSR count). The van der Waals surface area contributed by atoms with E-state index >= 15 is 0 Å². The lowest BCUT2D eigenvalue weighted by atomic mass is 10.1. The number of nitrogens with one attached hydrogen (secondary N) is 1. The van der Waals surface area contributed by atoms with Gasteiger partial charge in [-0.2, -0.15) is 0 Å². The fraction of sp³-hybridized carbons (Fsp3) is 0.375. The van der Waals surface area contributed by atoms with Crippen molar-refractivity contribution in [1.82, 2.24) is 9.97 Å². The van der Waals surface area contributed by atoms with Gasteiger partial charge in [0.05, 0.1) is 20.4 Å². The Labute approximate surface area is 221 Å². The predicted molar refractivity (Wildman–Crippen MR) is 144 cm³/mol. The van der Waals surface area contributed by atoms with Crippen LogP contribution < -0.4 is 19.1 Å². The molecule has 0 radical (unpaired) electrons. The number of imidazole rings is 1. The van der Waals surface area contributed by atoms with Crippen LogP contribution in [0.25, 0.3) is 0 Å². The topological polar surface area (TPSA) is 79.8 Å². The van der Waals surface area contributed by atoms with Gasteiger partial charge in [-0.3, -0.25) is 0 Å². The van der Waals surface area contributed by atoms with Crippen molar-refractivity contribution in [2.45, 2.75) is 25.9 Å². The number of hydrogen-bond donors (Lipinski definition) is 2. The summed E-state index contributed by atoms with van der Waals surface area (Å²) in [6.45, 7) is 3.45. The van der Waals surface area contributed by atoms with E-state index in [0.29, 0.717) is 18.0 Å². The first-order valence-electron chi connectivity index (χ1n) is 10.6. The highest BCUT2D eigenvalue weighted by Gasteiger charge is 2.14. The Hall–Kier alpha value is -2.13. The molecule has 2 N–H and O–H groups in total. The Morgan fingerprint density at radius 1 is 1.03 bits per heavy atom. The first kappa shape index (κ1) is 29.9. The minimum absolute atomic E-state index is 0. The largest absolute Gasteiger partial charge is 0.493 e. The standard InChI is InChI=1S/C24H30BrN3O4.2ClH/c1-4-28(18-8-11-21(30-2)22(13-18)31-3)15-19(29)16-32-20-9-5-17(6-10-20)7-12-24-26-14-23(25)27-24;;/h5-6,8-11,13-14,19,29H,4,7,12,15-16H2,1-3H3,(H,26,27);2*1H/t19-;;/m0../s1. The summed E-state index contributed by atoms with van der Waals surface area (Å²) in [6.07, 6.45) is 2.86. The summed E-state index contributed by atoms with van der Waals surface area (Å²) in [5.41, 5.74) is 2.16. The number of hydrogen-bond acceptors (Lipinski definition) is 6. The van der Waals surface area contributed by atoms with Crippen LogP contribution in [0.4, 0.5) is 5.69 Å². The summed E-state index contributed by atoms with van der Waals surface area (Å²) in [6, 6.07) is 13.7. The second-order valence-electron chi connectivity index (χ2n) is 7.36. The van der Waals surface area contributed by atoms with Crippen molar-refractivity contribution in [3.63, 3.8) is 0 Å². The van der Waals surface area contributed by atoms with Crippen molar-refractivity contribution in [3.8, 4) is 17.2 Å². The summed E-state index contributed by atoms with van der Waals surface area (Å²) in [4.78, 5) is 9.54. The molecule has 34 heavy (non-hydrogen) atoms. The van der Waals surface area contributed by atoms with Crippen LogP contribution in [-0.2, 0) is 12.8 Å². The number of aryl methyl sites for hydroxylation is 2. The third-order valence-corrected chi connectivity index (χ3v) is 5.56. The molecule has 0 amide bonds. The van der Waals surface area contributed by atoms with E-state index in [-0.39, 0.29) is 31.4 Å². The smallest absolute Gasteiger partial charge is 0.162 e. The number of aliphatic hydroxyl groups is 1. The monoisotopic (exact) mass is 575 g/mol. The minimum Gasteiger partial charge on any atom is -0.493 e. The van der Waals surface area contributed by atoms with E-state index in [2.05, 4.69) is 30.8 Å². The van der Waals surface area contributed by atoms with Gasteiger partial charge in [0, 0.05) is 31.3 Å². The van der Waals surface area contributed by atoms with Crippen LogP contribution in [-0.4, -0.2) is 55.1 Å². The molecular formula is C24H32BrCl2N3O4. The molecule has 0 aliphatic carbocycles. The zero-order chi connectivity index (χ0) is 22.9. The van der Waals surface area contributed by atoms with E-state index in [0.717, 1.165) is 41.3 Å². The molecule has 0 saturated heterocycles. The summed E-state index contributed by atoms with van der Waals surface area (Å²) in [5.74, 6) is 3.03. The molecule has 0 unspecified atom stereocenters. The van der Waals surface area contributed by atoms with Gasteiger partial charge >= 0.3 is 0 Å². The molecule has 0 saturated carbocycles. The van der Waals surface area contributed by atoms with Crippen molar-refractivity contribution in [2.24, 2.45) is 0 Å². The van der Waals surface area contributed by atoms with Crippen molar-refractivity contribution < 1.29 is 19.3 Å². The Morgan fingerprint density at radius 2 is 1.74 bits per heavy atom. The molecular weight excluding hydrogens is 545 g/mol. The number of nitrogens with zero attached hydrogens (tertiary/aromatic N) is 2. The van der Waals surface area contributed by atoms with Crippen LogP contribution in [0.15, 0.2) is 53.3 Å². The van der Waals surface area contributed by atoms with Gasteiger partial charge in [0.25, 0.3) is 0 Å². The van der Waals surface area contributed by atoms with Crippen LogP contribution in [0.2, 0.25) is 0 Å². The van der Waals surface area contributed by atoms with Gasteiger partial charge in [-0.1, -0.05) is 12.1 Å². The molecule has 2 aromatic carbocycles. The maximum atomic E-state index is 10.5. The number of H-pyrrole nitrogens is 1. The Bertz CT molecular complexity index is 989. The molecule has 188 valence electrons.